The quantitative estimate of drug-likeness (QED) is 0.600. The fraction of sp³-hybridized carbons (Fsp3) is 0.467. The lowest BCUT2D eigenvalue weighted by Crippen LogP contribution is -2.17. The molecule has 1 aromatic heterocycles. The van der Waals surface area contributed by atoms with Gasteiger partial charge in [0, 0.05) is 18.8 Å². The summed E-state index contributed by atoms with van der Waals surface area (Å²) in [7, 11) is 0. The van der Waals surface area contributed by atoms with Gasteiger partial charge in [-0.15, -0.1) is 10.2 Å². The van der Waals surface area contributed by atoms with E-state index < -0.39 is 0 Å². The predicted molar refractivity (Wildman–Crippen MR) is 88.8 cm³/mol. The SMILES string of the molecule is Cc1ccccc1OCCSc1nnc(N2CCCC2)s1. The van der Waals surface area contributed by atoms with Crippen LogP contribution in [0.1, 0.15) is 18.4 Å². The second-order valence-corrected chi connectivity index (χ2v) is 7.31. The molecule has 2 aromatic rings. The van der Waals surface area contributed by atoms with Crippen LogP contribution in [0, 0.1) is 6.92 Å². The van der Waals surface area contributed by atoms with Crippen LogP contribution in [0.15, 0.2) is 28.6 Å². The van der Waals surface area contributed by atoms with Crippen LogP contribution < -0.4 is 9.64 Å². The number of anilines is 1. The first-order valence-electron chi connectivity index (χ1n) is 7.22. The van der Waals surface area contributed by atoms with E-state index in [1.54, 1.807) is 23.1 Å². The third-order valence-corrected chi connectivity index (χ3v) is 5.51. The third kappa shape index (κ3) is 3.89. The van der Waals surface area contributed by atoms with E-state index >= 15 is 0 Å². The van der Waals surface area contributed by atoms with Gasteiger partial charge >= 0.3 is 0 Å². The summed E-state index contributed by atoms with van der Waals surface area (Å²) in [5.74, 6) is 1.86. The van der Waals surface area contributed by atoms with Gasteiger partial charge in [-0.25, -0.2) is 0 Å². The molecule has 0 amide bonds. The molecule has 0 saturated carbocycles. The van der Waals surface area contributed by atoms with E-state index in [0.717, 1.165) is 34.1 Å². The van der Waals surface area contributed by atoms with E-state index in [4.69, 9.17) is 4.74 Å². The number of rotatable bonds is 6. The smallest absolute Gasteiger partial charge is 0.209 e. The van der Waals surface area contributed by atoms with Gasteiger partial charge < -0.3 is 9.64 Å². The number of aryl methyl sites for hydroxylation is 1. The molecule has 0 bridgehead atoms. The summed E-state index contributed by atoms with van der Waals surface area (Å²) >= 11 is 3.41. The van der Waals surface area contributed by atoms with Crippen LogP contribution in [-0.4, -0.2) is 35.6 Å². The number of ether oxygens (including phenoxy) is 1. The van der Waals surface area contributed by atoms with Gasteiger partial charge in [0.05, 0.1) is 6.61 Å². The molecule has 1 aliphatic heterocycles. The Morgan fingerprint density at radius 2 is 2.05 bits per heavy atom. The maximum Gasteiger partial charge on any atom is 0.209 e. The minimum Gasteiger partial charge on any atom is -0.492 e. The van der Waals surface area contributed by atoms with Crippen LogP contribution >= 0.6 is 23.1 Å². The van der Waals surface area contributed by atoms with Crippen molar-refractivity contribution in [2.45, 2.75) is 24.1 Å². The monoisotopic (exact) mass is 321 g/mol. The number of hydrogen-bond donors (Lipinski definition) is 0. The van der Waals surface area contributed by atoms with Crippen molar-refractivity contribution in [3.8, 4) is 5.75 Å². The summed E-state index contributed by atoms with van der Waals surface area (Å²) < 4.78 is 6.82. The van der Waals surface area contributed by atoms with E-state index in [0.29, 0.717) is 6.61 Å². The first-order chi connectivity index (χ1) is 10.3. The molecule has 21 heavy (non-hydrogen) atoms. The number of aromatic nitrogens is 2. The zero-order valence-electron chi connectivity index (χ0n) is 12.1. The first-order valence-corrected chi connectivity index (χ1v) is 9.03. The Morgan fingerprint density at radius 1 is 1.24 bits per heavy atom. The summed E-state index contributed by atoms with van der Waals surface area (Å²) in [4.78, 5) is 2.32. The Morgan fingerprint density at radius 3 is 2.86 bits per heavy atom. The highest BCUT2D eigenvalue weighted by atomic mass is 32.2. The second kappa shape index (κ2) is 7.13. The topological polar surface area (TPSA) is 38.3 Å². The lowest BCUT2D eigenvalue weighted by Gasteiger charge is -2.10. The standard InChI is InChI=1S/C15H19N3OS2/c1-12-6-2-3-7-13(12)19-10-11-20-15-17-16-14(21-15)18-8-4-5-9-18/h2-3,6-7H,4-5,8-11H2,1H3. The Bertz CT molecular complexity index is 582. The van der Waals surface area contributed by atoms with Crippen molar-refractivity contribution in [2.24, 2.45) is 0 Å². The highest BCUT2D eigenvalue weighted by Crippen LogP contribution is 2.29. The Hall–Kier alpha value is -1.27. The molecule has 1 aromatic carbocycles. The Kier molecular flexibility index (Phi) is 4.98. The van der Waals surface area contributed by atoms with Crippen molar-refractivity contribution in [3.63, 3.8) is 0 Å². The normalized spacial score (nSPS) is 14.6. The van der Waals surface area contributed by atoms with E-state index in [1.165, 1.54) is 18.4 Å². The van der Waals surface area contributed by atoms with Crippen molar-refractivity contribution < 1.29 is 4.74 Å². The third-order valence-electron chi connectivity index (χ3n) is 3.43. The fourth-order valence-corrected chi connectivity index (χ4v) is 4.08. The van der Waals surface area contributed by atoms with Crippen LogP contribution in [0.25, 0.3) is 0 Å². The van der Waals surface area contributed by atoms with E-state index in [1.807, 2.05) is 18.2 Å². The molecule has 6 heteroatoms. The van der Waals surface area contributed by atoms with Crippen LogP contribution in [0.4, 0.5) is 5.13 Å². The first kappa shape index (κ1) is 14.7. The molecule has 0 atom stereocenters. The number of para-hydroxylation sites is 1. The molecule has 4 nitrogen and oxygen atoms in total. The van der Waals surface area contributed by atoms with Crippen molar-refractivity contribution in [1.29, 1.82) is 0 Å². The highest BCUT2D eigenvalue weighted by Gasteiger charge is 2.16. The molecular weight excluding hydrogens is 302 g/mol. The summed E-state index contributed by atoms with van der Waals surface area (Å²) in [6.07, 6.45) is 2.54. The van der Waals surface area contributed by atoms with Crippen LogP contribution in [0.3, 0.4) is 0 Å². The average Bonchev–Trinajstić information content (AvgIpc) is 3.16. The fourth-order valence-electron chi connectivity index (χ4n) is 2.30. The molecule has 1 fully saturated rings. The van der Waals surface area contributed by atoms with Crippen molar-refractivity contribution >= 4 is 28.2 Å². The maximum atomic E-state index is 5.79. The second-order valence-electron chi connectivity index (χ2n) is 5.01. The van der Waals surface area contributed by atoms with Gasteiger partial charge in [-0.2, -0.15) is 0 Å². The van der Waals surface area contributed by atoms with E-state index in [9.17, 15) is 0 Å². The molecule has 1 saturated heterocycles. The molecule has 0 unspecified atom stereocenters. The van der Waals surface area contributed by atoms with Gasteiger partial charge in [-0.3, -0.25) is 0 Å². The van der Waals surface area contributed by atoms with Gasteiger partial charge in [0.15, 0.2) is 4.34 Å². The largest absolute Gasteiger partial charge is 0.492 e. The molecule has 1 aliphatic rings. The van der Waals surface area contributed by atoms with Crippen LogP contribution in [0.2, 0.25) is 0 Å². The van der Waals surface area contributed by atoms with Gasteiger partial charge in [0.2, 0.25) is 5.13 Å². The van der Waals surface area contributed by atoms with Crippen LogP contribution in [0.5, 0.6) is 5.75 Å². The number of thioether (sulfide) groups is 1. The lowest BCUT2D eigenvalue weighted by atomic mass is 10.2. The highest BCUT2D eigenvalue weighted by molar-refractivity contribution is 8.01. The summed E-state index contributed by atoms with van der Waals surface area (Å²) in [5.41, 5.74) is 1.18. The summed E-state index contributed by atoms with van der Waals surface area (Å²) in [6.45, 7) is 5.00. The summed E-state index contributed by atoms with van der Waals surface area (Å²) in [6, 6.07) is 8.10. The number of hydrogen-bond acceptors (Lipinski definition) is 6. The molecule has 0 radical (unpaired) electrons. The van der Waals surface area contributed by atoms with Crippen molar-refractivity contribution in [1.82, 2.24) is 10.2 Å². The molecular formula is C15H19N3OS2. The van der Waals surface area contributed by atoms with Crippen molar-refractivity contribution in [3.05, 3.63) is 29.8 Å². The van der Waals surface area contributed by atoms with Gasteiger partial charge in [0.25, 0.3) is 0 Å². The molecule has 112 valence electrons. The maximum absolute atomic E-state index is 5.79. The van der Waals surface area contributed by atoms with Crippen LogP contribution in [-0.2, 0) is 0 Å². The average molecular weight is 321 g/mol. The molecule has 0 N–H and O–H groups in total. The molecule has 0 aliphatic carbocycles. The predicted octanol–water partition coefficient (Wildman–Crippen LogP) is 3.62. The Labute approximate surface area is 133 Å². The number of benzene rings is 1. The minimum atomic E-state index is 0.689. The lowest BCUT2D eigenvalue weighted by molar-refractivity contribution is 0.341. The summed E-state index contributed by atoms with van der Waals surface area (Å²) in [5, 5.41) is 9.60. The van der Waals surface area contributed by atoms with Gasteiger partial charge in [-0.1, -0.05) is 41.3 Å². The zero-order chi connectivity index (χ0) is 14.5. The Balaban J connectivity index is 1.44. The van der Waals surface area contributed by atoms with Gasteiger partial charge in [0.1, 0.15) is 5.75 Å². The molecule has 2 heterocycles. The minimum absolute atomic E-state index is 0.689. The van der Waals surface area contributed by atoms with E-state index in [-0.39, 0.29) is 0 Å². The zero-order valence-corrected chi connectivity index (χ0v) is 13.8. The molecule has 0 spiro atoms. The number of nitrogens with zero attached hydrogens (tertiary/aromatic N) is 3. The molecule has 3 rings (SSSR count). The van der Waals surface area contributed by atoms with E-state index in [2.05, 4.69) is 28.1 Å². The van der Waals surface area contributed by atoms with Gasteiger partial charge in [-0.05, 0) is 31.4 Å². The van der Waals surface area contributed by atoms with Crippen molar-refractivity contribution in [2.75, 3.05) is 30.3 Å².